The van der Waals surface area contributed by atoms with E-state index in [-0.39, 0.29) is 22.7 Å². The lowest BCUT2D eigenvalue weighted by Crippen LogP contribution is -2.29. The van der Waals surface area contributed by atoms with Crippen molar-refractivity contribution < 1.29 is 17.9 Å². The quantitative estimate of drug-likeness (QED) is 0.815. The van der Waals surface area contributed by atoms with Crippen LogP contribution in [0.1, 0.15) is 19.3 Å². The number of hydrogen-bond acceptors (Lipinski definition) is 4. The van der Waals surface area contributed by atoms with Crippen molar-refractivity contribution in [2.24, 2.45) is 5.92 Å². The van der Waals surface area contributed by atoms with E-state index >= 15 is 0 Å². The SMILES string of the molecule is O=C1C(S(=O)(=O)c2ccccc2)O[C@H]2CCC[C@@H]12. The Hall–Kier alpha value is -1.20. The van der Waals surface area contributed by atoms with Gasteiger partial charge in [-0.2, -0.15) is 0 Å². The highest BCUT2D eigenvalue weighted by molar-refractivity contribution is 7.92. The van der Waals surface area contributed by atoms with Gasteiger partial charge in [-0.15, -0.1) is 0 Å². The van der Waals surface area contributed by atoms with Crippen molar-refractivity contribution >= 4 is 15.6 Å². The highest BCUT2D eigenvalue weighted by Gasteiger charge is 2.51. The zero-order valence-electron chi connectivity index (χ0n) is 9.78. The number of sulfone groups is 1. The molecule has 1 heterocycles. The Morgan fingerprint density at radius 3 is 2.50 bits per heavy atom. The molecule has 0 bridgehead atoms. The predicted molar refractivity (Wildman–Crippen MR) is 64.6 cm³/mol. The van der Waals surface area contributed by atoms with Gasteiger partial charge in [0.2, 0.25) is 15.3 Å². The third-order valence-electron chi connectivity index (χ3n) is 3.70. The van der Waals surface area contributed by atoms with Crippen molar-refractivity contribution in [1.29, 1.82) is 0 Å². The maximum atomic E-state index is 12.3. The van der Waals surface area contributed by atoms with E-state index in [2.05, 4.69) is 0 Å². The molecular weight excluding hydrogens is 252 g/mol. The highest BCUT2D eigenvalue weighted by Crippen LogP contribution is 2.39. The van der Waals surface area contributed by atoms with Gasteiger partial charge in [0, 0.05) is 5.92 Å². The zero-order chi connectivity index (χ0) is 12.8. The second kappa shape index (κ2) is 4.17. The number of ether oxygens (including phenoxy) is 1. The molecule has 1 saturated heterocycles. The third kappa shape index (κ3) is 1.69. The lowest BCUT2D eigenvalue weighted by molar-refractivity contribution is -0.121. The molecule has 3 rings (SSSR count). The van der Waals surface area contributed by atoms with Crippen LogP contribution in [-0.4, -0.2) is 25.7 Å². The Morgan fingerprint density at radius 1 is 1.11 bits per heavy atom. The summed E-state index contributed by atoms with van der Waals surface area (Å²) in [6.07, 6.45) is 2.29. The van der Waals surface area contributed by atoms with Crippen LogP contribution < -0.4 is 0 Å². The molecule has 0 radical (unpaired) electrons. The Morgan fingerprint density at radius 2 is 1.83 bits per heavy atom. The summed E-state index contributed by atoms with van der Waals surface area (Å²) >= 11 is 0. The van der Waals surface area contributed by atoms with Crippen molar-refractivity contribution in [1.82, 2.24) is 0 Å². The molecule has 0 aromatic heterocycles. The molecule has 1 aromatic rings. The first-order valence-corrected chi connectivity index (χ1v) is 7.63. The molecule has 0 spiro atoms. The highest BCUT2D eigenvalue weighted by atomic mass is 32.2. The van der Waals surface area contributed by atoms with Crippen LogP contribution in [0.15, 0.2) is 35.2 Å². The van der Waals surface area contributed by atoms with Crippen molar-refractivity contribution in [3.63, 3.8) is 0 Å². The first-order valence-electron chi connectivity index (χ1n) is 6.09. The van der Waals surface area contributed by atoms with Gasteiger partial charge in [0.1, 0.15) is 0 Å². The normalized spacial score (nSPS) is 31.6. The molecular formula is C13H14O4S. The van der Waals surface area contributed by atoms with Crippen molar-refractivity contribution in [2.45, 2.75) is 35.7 Å². The smallest absolute Gasteiger partial charge is 0.222 e. The van der Waals surface area contributed by atoms with Crippen LogP contribution in [0.25, 0.3) is 0 Å². The Kier molecular flexibility index (Phi) is 2.75. The van der Waals surface area contributed by atoms with Gasteiger partial charge in [-0.3, -0.25) is 4.79 Å². The fourth-order valence-corrected chi connectivity index (χ4v) is 4.33. The molecule has 1 saturated carbocycles. The van der Waals surface area contributed by atoms with Gasteiger partial charge < -0.3 is 4.74 Å². The lowest BCUT2D eigenvalue weighted by Gasteiger charge is -2.12. The maximum absolute atomic E-state index is 12.3. The van der Waals surface area contributed by atoms with E-state index in [1.165, 1.54) is 12.1 Å². The van der Waals surface area contributed by atoms with Gasteiger partial charge in [-0.25, -0.2) is 8.42 Å². The van der Waals surface area contributed by atoms with Gasteiger partial charge in [0.25, 0.3) is 0 Å². The summed E-state index contributed by atoms with van der Waals surface area (Å²) in [6, 6.07) is 8.03. The number of carbonyl (C=O) groups excluding carboxylic acids is 1. The van der Waals surface area contributed by atoms with Gasteiger partial charge in [0.15, 0.2) is 5.78 Å². The predicted octanol–water partition coefficient (Wildman–Crippen LogP) is 1.55. The van der Waals surface area contributed by atoms with E-state index in [0.717, 1.165) is 19.3 Å². The van der Waals surface area contributed by atoms with Crippen LogP contribution in [0.4, 0.5) is 0 Å². The summed E-state index contributed by atoms with van der Waals surface area (Å²) in [7, 11) is -3.70. The summed E-state index contributed by atoms with van der Waals surface area (Å²) in [4.78, 5) is 12.3. The van der Waals surface area contributed by atoms with E-state index in [1.54, 1.807) is 18.2 Å². The fourth-order valence-electron chi connectivity index (χ4n) is 2.77. The van der Waals surface area contributed by atoms with Crippen LogP contribution in [0.2, 0.25) is 0 Å². The summed E-state index contributed by atoms with van der Waals surface area (Å²) in [5, 5.41) is 0. The van der Waals surface area contributed by atoms with Gasteiger partial charge in [0.05, 0.1) is 11.0 Å². The number of hydrogen-bond donors (Lipinski definition) is 0. The standard InChI is InChI=1S/C13H14O4S/c14-12-10-7-4-8-11(10)17-13(12)18(15,16)9-5-2-1-3-6-9/h1-3,5-6,10-11,13H,4,7-8H2/t10-,11+,13?/m1/s1. The molecule has 5 heteroatoms. The average Bonchev–Trinajstić information content (AvgIpc) is 2.94. The molecule has 4 nitrogen and oxygen atoms in total. The number of benzene rings is 1. The van der Waals surface area contributed by atoms with Crippen molar-refractivity contribution in [2.75, 3.05) is 0 Å². The number of fused-ring (bicyclic) bond motifs is 1. The molecule has 0 amide bonds. The second-order valence-electron chi connectivity index (χ2n) is 4.80. The van der Waals surface area contributed by atoms with E-state index in [4.69, 9.17) is 4.74 Å². The third-order valence-corrected chi connectivity index (χ3v) is 5.54. The minimum absolute atomic E-state index is 0.156. The molecule has 1 unspecified atom stereocenters. The Labute approximate surface area is 106 Å². The minimum Gasteiger partial charge on any atom is -0.351 e. The summed E-state index contributed by atoms with van der Waals surface area (Å²) in [6.45, 7) is 0. The molecule has 2 fully saturated rings. The van der Waals surface area contributed by atoms with Gasteiger partial charge in [-0.1, -0.05) is 24.6 Å². The monoisotopic (exact) mass is 266 g/mol. The number of carbonyl (C=O) groups is 1. The summed E-state index contributed by atoms with van der Waals surface area (Å²) in [5.41, 5.74) is -1.30. The van der Waals surface area contributed by atoms with Crippen molar-refractivity contribution in [3.05, 3.63) is 30.3 Å². The molecule has 1 aromatic carbocycles. The maximum Gasteiger partial charge on any atom is 0.222 e. The number of ketones is 1. The van der Waals surface area contributed by atoms with Crippen LogP contribution >= 0.6 is 0 Å². The average molecular weight is 266 g/mol. The van der Waals surface area contributed by atoms with Gasteiger partial charge >= 0.3 is 0 Å². The molecule has 96 valence electrons. The van der Waals surface area contributed by atoms with Gasteiger partial charge in [-0.05, 0) is 25.0 Å². The van der Waals surface area contributed by atoms with E-state index in [0.29, 0.717) is 0 Å². The largest absolute Gasteiger partial charge is 0.351 e. The van der Waals surface area contributed by atoms with E-state index < -0.39 is 15.3 Å². The van der Waals surface area contributed by atoms with Crippen LogP contribution in [-0.2, 0) is 19.4 Å². The van der Waals surface area contributed by atoms with Crippen molar-refractivity contribution in [3.8, 4) is 0 Å². The molecule has 3 atom stereocenters. The zero-order valence-corrected chi connectivity index (χ0v) is 10.6. The number of rotatable bonds is 2. The topological polar surface area (TPSA) is 60.4 Å². The van der Waals surface area contributed by atoms with Crippen LogP contribution in [0, 0.1) is 5.92 Å². The van der Waals surface area contributed by atoms with Crippen LogP contribution in [0.3, 0.4) is 0 Å². The Bertz CT molecular complexity index is 564. The molecule has 18 heavy (non-hydrogen) atoms. The molecule has 1 aliphatic carbocycles. The number of Topliss-reactive ketones (excluding diaryl/α,β-unsaturated/α-hetero) is 1. The summed E-state index contributed by atoms with van der Waals surface area (Å²) < 4.78 is 30.1. The minimum atomic E-state index is -3.70. The van der Waals surface area contributed by atoms with E-state index in [9.17, 15) is 13.2 Å². The molecule has 0 N–H and O–H groups in total. The first kappa shape index (κ1) is 11.9. The lowest BCUT2D eigenvalue weighted by atomic mass is 10.0. The Balaban J connectivity index is 1.94. The first-order chi connectivity index (χ1) is 8.60. The second-order valence-corrected chi connectivity index (χ2v) is 6.79. The van der Waals surface area contributed by atoms with Crippen LogP contribution in [0.5, 0.6) is 0 Å². The fraction of sp³-hybridized carbons (Fsp3) is 0.462. The summed E-state index contributed by atoms with van der Waals surface area (Å²) in [5.74, 6) is -0.477. The molecule has 2 aliphatic rings. The molecule has 1 aliphatic heterocycles. The van der Waals surface area contributed by atoms with E-state index in [1.807, 2.05) is 0 Å².